The third-order valence-electron chi connectivity index (χ3n) is 5.92. The van der Waals surface area contributed by atoms with Crippen LogP contribution < -0.4 is 5.14 Å². The molecule has 0 saturated heterocycles. The third kappa shape index (κ3) is 6.55. The first-order chi connectivity index (χ1) is 16.6. The maximum Gasteiger partial charge on any atom is 0.333 e. The zero-order valence-electron chi connectivity index (χ0n) is 18.4. The molecule has 1 aromatic carbocycles. The Morgan fingerprint density at radius 2 is 2.11 bits per heavy atom. The molecule has 3 atom stereocenters. The Morgan fingerprint density at radius 1 is 1.31 bits per heavy atom. The topological polar surface area (TPSA) is 150 Å². The van der Waals surface area contributed by atoms with Gasteiger partial charge in [0.2, 0.25) is 5.78 Å². The molecule has 186 valence electrons. The summed E-state index contributed by atoms with van der Waals surface area (Å²) in [6, 6.07) is 6.24. The van der Waals surface area contributed by atoms with Crippen LogP contribution in [0.3, 0.4) is 0 Å². The number of nitrogens with two attached hydrogens (primary N) is 1. The van der Waals surface area contributed by atoms with Crippen LogP contribution in [-0.4, -0.2) is 51.8 Å². The van der Waals surface area contributed by atoms with Gasteiger partial charge in [0.15, 0.2) is 0 Å². The monoisotopic (exact) mass is 567 g/mol. The lowest BCUT2D eigenvalue weighted by Gasteiger charge is -2.13. The lowest BCUT2D eigenvalue weighted by Crippen LogP contribution is -2.24. The minimum atomic E-state index is -4.09. The smallest absolute Gasteiger partial charge is 0.333 e. The van der Waals surface area contributed by atoms with E-state index in [1.165, 1.54) is 18.6 Å². The van der Waals surface area contributed by atoms with Gasteiger partial charge >= 0.3 is 10.3 Å². The average Bonchev–Trinajstić information content (AvgIpc) is 3.40. The quantitative estimate of drug-likeness (QED) is 0.372. The fraction of sp³-hybridized carbons (Fsp3) is 0.364. The Morgan fingerprint density at radius 3 is 2.86 bits per heavy atom. The van der Waals surface area contributed by atoms with E-state index in [9.17, 15) is 22.7 Å². The summed E-state index contributed by atoms with van der Waals surface area (Å²) in [6.07, 6.45) is 5.02. The van der Waals surface area contributed by atoms with Crippen molar-refractivity contribution in [3.63, 3.8) is 0 Å². The molecule has 0 spiro atoms. The number of aliphatic hydroxyl groups excluding tert-OH is 1. The first-order valence-corrected chi connectivity index (χ1v) is 13.0. The molecule has 4 rings (SSSR count). The van der Waals surface area contributed by atoms with Crippen LogP contribution in [0.1, 0.15) is 40.2 Å². The second kappa shape index (κ2) is 10.6. The van der Waals surface area contributed by atoms with Crippen molar-refractivity contribution in [2.75, 3.05) is 6.61 Å². The van der Waals surface area contributed by atoms with Gasteiger partial charge in [0, 0.05) is 18.3 Å². The molecule has 10 nitrogen and oxygen atoms in total. The molecule has 0 bridgehead atoms. The number of aliphatic hydroxyl groups is 1. The first kappa shape index (κ1) is 25.5. The van der Waals surface area contributed by atoms with E-state index in [1.807, 2.05) is 0 Å². The van der Waals surface area contributed by atoms with Crippen LogP contribution in [0.15, 0.2) is 47.5 Å². The number of ketones is 1. The standard InChI is InChI=1S/C22H23BrFN5O5S/c23-17-6-13(1-2-18(17)24)10-29-4-3-19(28-29)22(31)16-9-26-12-27-20(16)7-14-5-15(21(30)8-14)11-34-35(25,32)33/h1-4,6,9,12,14-15,21,30H,5,7-8,10-11H2,(H2,25,32,33)/t14-,15+,21-/m0/s1. The number of carbonyl (C=O) groups is 1. The highest BCUT2D eigenvalue weighted by Gasteiger charge is 2.35. The van der Waals surface area contributed by atoms with Crippen LogP contribution in [0.25, 0.3) is 0 Å². The van der Waals surface area contributed by atoms with Crippen molar-refractivity contribution in [1.29, 1.82) is 0 Å². The van der Waals surface area contributed by atoms with Gasteiger partial charge in [-0.2, -0.15) is 13.5 Å². The van der Waals surface area contributed by atoms with Gasteiger partial charge < -0.3 is 5.11 Å². The maximum absolute atomic E-state index is 13.5. The molecule has 0 aliphatic heterocycles. The van der Waals surface area contributed by atoms with Crippen LogP contribution in [-0.2, 0) is 27.5 Å². The fourth-order valence-corrected chi connectivity index (χ4v) is 5.05. The SMILES string of the molecule is NS(=O)(=O)OC[C@H]1C[C@@H](Cc2ncncc2C(=O)c2ccn(Cc3ccc(F)c(Br)c3)n2)C[C@@H]1O. The van der Waals surface area contributed by atoms with E-state index >= 15 is 0 Å². The van der Waals surface area contributed by atoms with E-state index in [2.05, 4.69) is 35.2 Å². The largest absolute Gasteiger partial charge is 0.393 e. The van der Waals surface area contributed by atoms with Crippen LogP contribution in [0.5, 0.6) is 0 Å². The summed E-state index contributed by atoms with van der Waals surface area (Å²) in [5.74, 6) is -1.12. The predicted octanol–water partition coefficient (Wildman–Crippen LogP) is 2.00. The van der Waals surface area contributed by atoms with Crippen molar-refractivity contribution in [3.8, 4) is 0 Å². The summed E-state index contributed by atoms with van der Waals surface area (Å²) in [5.41, 5.74) is 1.85. The highest BCUT2D eigenvalue weighted by atomic mass is 79.9. The molecule has 0 unspecified atom stereocenters. The van der Waals surface area contributed by atoms with Gasteiger partial charge in [0.25, 0.3) is 0 Å². The second-order valence-electron chi connectivity index (χ2n) is 8.51. The number of rotatable bonds is 9. The molecule has 1 fully saturated rings. The molecule has 3 aromatic rings. The number of nitrogens with zero attached hydrogens (tertiary/aromatic N) is 4. The van der Waals surface area contributed by atoms with Crippen molar-refractivity contribution in [2.45, 2.75) is 31.9 Å². The number of hydrogen-bond donors (Lipinski definition) is 2. The normalized spacial score (nSPS) is 20.3. The van der Waals surface area contributed by atoms with Crippen molar-refractivity contribution >= 4 is 32.0 Å². The lowest BCUT2D eigenvalue weighted by molar-refractivity contribution is 0.100. The van der Waals surface area contributed by atoms with Gasteiger partial charge in [0.1, 0.15) is 17.8 Å². The van der Waals surface area contributed by atoms with Crippen LogP contribution in [0.2, 0.25) is 0 Å². The van der Waals surface area contributed by atoms with Gasteiger partial charge in [-0.25, -0.2) is 19.5 Å². The van der Waals surface area contributed by atoms with Gasteiger partial charge in [0.05, 0.1) is 35.0 Å². The average molecular weight is 568 g/mol. The highest BCUT2D eigenvalue weighted by Crippen LogP contribution is 2.34. The van der Waals surface area contributed by atoms with Gasteiger partial charge in [-0.1, -0.05) is 6.07 Å². The molecular formula is C22H23BrFN5O5S. The minimum absolute atomic E-state index is 0.0324. The van der Waals surface area contributed by atoms with E-state index in [4.69, 9.17) is 5.14 Å². The minimum Gasteiger partial charge on any atom is -0.393 e. The van der Waals surface area contributed by atoms with E-state index in [-0.39, 0.29) is 35.7 Å². The Labute approximate surface area is 209 Å². The third-order valence-corrected chi connectivity index (χ3v) is 7.00. The van der Waals surface area contributed by atoms with Crippen LogP contribution in [0.4, 0.5) is 4.39 Å². The first-order valence-electron chi connectivity index (χ1n) is 10.7. The number of carbonyl (C=O) groups excluding carboxylic acids is 1. The number of aromatic nitrogens is 4. The molecule has 0 amide bonds. The van der Waals surface area contributed by atoms with Crippen molar-refractivity contribution in [1.82, 2.24) is 19.7 Å². The number of halogens is 2. The summed E-state index contributed by atoms with van der Waals surface area (Å²) in [5, 5.41) is 19.5. The molecule has 2 heterocycles. The van der Waals surface area contributed by atoms with Crippen LogP contribution in [0, 0.1) is 17.7 Å². The van der Waals surface area contributed by atoms with Gasteiger partial charge in [-0.15, -0.1) is 0 Å². The Balaban J connectivity index is 1.44. The second-order valence-corrected chi connectivity index (χ2v) is 10.6. The van der Waals surface area contributed by atoms with Gasteiger partial charge in [-0.3, -0.25) is 13.7 Å². The molecule has 0 radical (unpaired) electrons. The summed E-state index contributed by atoms with van der Waals surface area (Å²) >= 11 is 3.16. The zero-order chi connectivity index (χ0) is 25.2. The van der Waals surface area contributed by atoms with E-state index in [0.29, 0.717) is 41.5 Å². The van der Waals surface area contributed by atoms with E-state index < -0.39 is 16.4 Å². The maximum atomic E-state index is 13.5. The summed E-state index contributed by atoms with van der Waals surface area (Å²) in [6.45, 7) is 0.153. The number of benzene rings is 1. The van der Waals surface area contributed by atoms with E-state index in [0.717, 1.165) is 5.56 Å². The number of hydrogen-bond acceptors (Lipinski definition) is 8. The molecule has 1 aliphatic rings. The summed E-state index contributed by atoms with van der Waals surface area (Å²) in [4.78, 5) is 21.5. The summed E-state index contributed by atoms with van der Waals surface area (Å²) < 4.78 is 42.1. The van der Waals surface area contributed by atoms with Crippen molar-refractivity contribution in [2.24, 2.45) is 17.0 Å². The molecule has 1 aliphatic carbocycles. The Bertz CT molecular complexity index is 1340. The molecule has 2 aromatic heterocycles. The van der Waals surface area contributed by atoms with E-state index in [1.54, 1.807) is 29.1 Å². The lowest BCUT2D eigenvalue weighted by atomic mass is 9.96. The van der Waals surface area contributed by atoms with Crippen molar-refractivity contribution in [3.05, 3.63) is 75.8 Å². The summed E-state index contributed by atoms with van der Waals surface area (Å²) in [7, 11) is -4.09. The zero-order valence-corrected chi connectivity index (χ0v) is 20.8. The predicted molar refractivity (Wildman–Crippen MR) is 126 cm³/mol. The highest BCUT2D eigenvalue weighted by molar-refractivity contribution is 9.10. The molecule has 35 heavy (non-hydrogen) atoms. The molecular weight excluding hydrogens is 545 g/mol. The molecule has 13 heteroatoms. The Hall–Kier alpha value is -2.58. The fourth-order valence-electron chi connectivity index (χ4n) is 4.26. The van der Waals surface area contributed by atoms with Crippen molar-refractivity contribution < 1.29 is 26.9 Å². The Kier molecular flexibility index (Phi) is 7.71. The van der Waals surface area contributed by atoms with Gasteiger partial charge in [-0.05, 0) is 64.9 Å². The molecule has 1 saturated carbocycles. The molecule has 3 N–H and O–H groups in total. The van der Waals surface area contributed by atoms with Crippen LogP contribution >= 0.6 is 15.9 Å².